The van der Waals surface area contributed by atoms with Crippen LogP contribution in [-0.2, 0) is 16.9 Å². The van der Waals surface area contributed by atoms with Crippen molar-refractivity contribution in [3.63, 3.8) is 0 Å². The lowest BCUT2D eigenvalue weighted by molar-refractivity contribution is 0.0234. The van der Waals surface area contributed by atoms with Gasteiger partial charge in [-0.3, -0.25) is 5.32 Å². The molecule has 6 aromatic rings. The van der Waals surface area contributed by atoms with Crippen LogP contribution in [0.25, 0.3) is 22.6 Å². The first-order chi connectivity index (χ1) is 20.8. The highest BCUT2D eigenvalue weighted by Gasteiger charge is 2.41. The van der Waals surface area contributed by atoms with Crippen LogP contribution in [0, 0.1) is 0 Å². The Hall–Kier alpha value is -4.51. The molecule has 4 nitrogen and oxygen atoms in total. The molecule has 1 aliphatic carbocycles. The summed E-state index contributed by atoms with van der Waals surface area (Å²) in [6.45, 7) is 0.561. The molecule has 0 radical (unpaired) electrons. The van der Waals surface area contributed by atoms with E-state index in [1.165, 1.54) is 16.7 Å². The van der Waals surface area contributed by atoms with E-state index in [-0.39, 0.29) is 12.1 Å². The fourth-order valence-corrected chi connectivity index (χ4v) is 6.33. The highest BCUT2D eigenvalue weighted by atomic mass is 16.5. The van der Waals surface area contributed by atoms with Crippen molar-refractivity contribution in [2.45, 2.75) is 43.6 Å². The van der Waals surface area contributed by atoms with Crippen LogP contribution < -0.4 is 5.32 Å². The lowest BCUT2D eigenvalue weighted by atomic mass is 9.76. The number of fused-ring (bicyclic) bond motifs is 1. The van der Waals surface area contributed by atoms with E-state index in [1.807, 2.05) is 24.3 Å². The third-order valence-electron chi connectivity index (χ3n) is 8.43. The first-order valence-corrected chi connectivity index (χ1v) is 14.8. The average Bonchev–Trinajstić information content (AvgIpc) is 3.71. The molecule has 0 aliphatic heterocycles. The first kappa shape index (κ1) is 26.4. The van der Waals surface area contributed by atoms with Gasteiger partial charge in [0.05, 0.1) is 18.2 Å². The standard InChI is InChI=1S/C38H34N2O2/c1-4-13-30(14-5-1)38(31-15-6-2-7-16-31,32-17-8-3-9-18-32)40-34-20-12-22-35(34)41-27-28-23-25-29(26-24-28)37-39-33-19-10-11-21-36(33)42-37/h1-11,13-19,21,23-26,34-35,40H,12,20,22,27H2/t34-,35-/m0/s1. The van der Waals surface area contributed by atoms with Crippen LogP contribution in [0.3, 0.4) is 0 Å². The molecule has 0 spiro atoms. The summed E-state index contributed by atoms with van der Waals surface area (Å²) in [5.74, 6) is 0.641. The van der Waals surface area contributed by atoms with Gasteiger partial charge in [-0.15, -0.1) is 0 Å². The van der Waals surface area contributed by atoms with E-state index in [0.717, 1.165) is 41.5 Å². The van der Waals surface area contributed by atoms with Crippen LogP contribution in [0.1, 0.15) is 41.5 Å². The summed E-state index contributed by atoms with van der Waals surface area (Å²) < 4.78 is 12.6. The normalized spacial score (nSPS) is 17.0. The van der Waals surface area contributed by atoms with E-state index in [4.69, 9.17) is 9.15 Å². The molecule has 1 heterocycles. The molecule has 0 saturated heterocycles. The van der Waals surface area contributed by atoms with Crippen molar-refractivity contribution in [3.8, 4) is 11.5 Å². The zero-order chi connectivity index (χ0) is 28.2. The van der Waals surface area contributed by atoms with Crippen molar-refractivity contribution in [2.24, 2.45) is 0 Å². The van der Waals surface area contributed by atoms with E-state index < -0.39 is 5.54 Å². The Kier molecular flexibility index (Phi) is 7.40. The predicted molar refractivity (Wildman–Crippen MR) is 168 cm³/mol. The van der Waals surface area contributed by atoms with Crippen molar-refractivity contribution < 1.29 is 9.15 Å². The van der Waals surface area contributed by atoms with Gasteiger partial charge in [-0.05, 0) is 65.8 Å². The first-order valence-electron chi connectivity index (χ1n) is 14.8. The maximum absolute atomic E-state index is 6.65. The second-order valence-electron chi connectivity index (χ2n) is 11.1. The summed E-state index contributed by atoms with van der Waals surface area (Å²) in [5.41, 5.74) is 6.96. The molecule has 0 amide bonds. The third-order valence-corrected chi connectivity index (χ3v) is 8.43. The van der Waals surface area contributed by atoms with Crippen molar-refractivity contribution >= 4 is 11.1 Å². The molecule has 1 saturated carbocycles. The Bertz CT molecular complexity index is 1600. The average molecular weight is 551 g/mol. The molecule has 1 aliphatic rings. The molecule has 1 aromatic heterocycles. The van der Waals surface area contributed by atoms with Gasteiger partial charge >= 0.3 is 0 Å². The van der Waals surface area contributed by atoms with Gasteiger partial charge in [0.1, 0.15) is 5.52 Å². The summed E-state index contributed by atoms with van der Waals surface area (Å²) in [5, 5.41) is 4.16. The second-order valence-corrected chi connectivity index (χ2v) is 11.1. The maximum Gasteiger partial charge on any atom is 0.227 e. The molecular weight excluding hydrogens is 516 g/mol. The fraction of sp³-hybridized carbons (Fsp3) is 0.184. The van der Waals surface area contributed by atoms with E-state index in [9.17, 15) is 0 Å². The highest BCUT2D eigenvalue weighted by Crippen LogP contribution is 2.39. The van der Waals surface area contributed by atoms with Crippen molar-refractivity contribution in [2.75, 3.05) is 0 Å². The van der Waals surface area contributed by atoms with Crippen LogP contribution in [0.2, 0.25) is 0 Å². The summed E-state index contributed by atoms with van der Waals surface area (Å²) in [7, 11) is 0. The van der Waals surface area contributed by atoms with Gasteiger partial charge < -0.3 is 9.15 Å². The molecule has 1 fully saturated rings. The molecule has 208 valence electrons. The lowest BCUT2D eigenvalue weighted by Gasteiger charge is -2.40. The van der Waals surface area contributed by atoms with E-state index >= 15 is 0 Å². The van der Waals surface area contributed by atoms with Crippen molar-refractivity contribution in [1.29, 1.82) is 0 Å². The number of oxazole rings is 1. The quantitative estimate of drug-likeness (QED) is 0.183. The maximum atomic E-state index is 6.65. The van der Waals surface area contributed by atoms with Crippen LogP contribution >= 0.6 is 0 Å². The Morgan fingerprint density at radius 1 is 0.667 bits per heavy atom. The molecule has 0 bridgehead atoms. The zero-order valence-corrected chi connectivity index (χ0v) is 23.5. The van der Waals surface area contributed by atoms with Gasteiger partial charge in [-0.25, -0.2) is 4.98 Å². The highest BCUT2D eigenvalue weighted by molar-refractivity contribution is 5.76. The minimum atomic E-state index is -0.498. The van der Waals surface area contributed by atoms with Gasteiger partial charge in [0, 0.05) is 11.6 Å². The van der Waals surface area contributed by atoms with E-state index in [2.05, 4.69) is 126 Å². The predicted octanol–water partition coefficient (Wildman–Crippen LogP) is 8.51. The van der Waals surface area contributed by atoms with Gasteiger partial charge in [-0.2, -0.15) is 0 Å². The molecule has 0 unspecified atom stereocenters. The number of aromatic nitrogens is 1. The number of nitrogens with one attached hydrogen (secondary N) is 1. The summed E-state index contributed by atoms with van der Waals surface area (Å²) in [4.78, 5) is 4.63. The molecule has 42 heavy (non-hydrogen) atoms. The molecule has 7 rings (SSSR count). The Morgan fingerprint density at radius 3 is 1.83 bits per heavy atom. The van der Waals surface area contributed by atoms with Gasteiger partial charge in [-0.1, -0.05) is 115 Å². The number of benzene rings is 5. The van der Waals surface area contributed by atoms with Crippen LogP contribution in [0.5, 0.6) is 0 Å². The SMILES string of the molecule is c1ccc(C(N[C@H]2CCC[C@@H]2OCc2ccc(-c3nc4ccccc4o3)cc2)(c2ccccc2)c2ccccc2)cc1. The third kappa shape index (κ3) is 5.16. The van der Waals surface area contributed by atoms with Crippen molar-refractivity contribution in [1.82, 2.24) is 10.3 Å². The smallest absolute Gasteiger partial charge is 0.227 e. The topological polar surface area (TPSA) is 47.3 Å². The largest absolute Gasteiger partial charge is 0.436 e. The summed E-state index contributed by atoms with van der Waals surface area (Å²) in [6, 6.07) is 48.9. The Balaban J connectivity index is 1.13. The lowest BCUT2D eigenvalue weighted by Crippen LogP contribution is -2.52. The van der Waals surface area contributed by atoms with Crippen LogP contribution in [0.4, 0.5) is 0 Å². The van der Waals surface area contributed by atoms with Crippen LogP contribution in [-0.4, -0.2) is 17.1 Å². The number of ether oxygens (including phenoxy) is 1. The molecular formula is C38H34N2O2. The monoisotopic (exact) mass is 550 g/mol. The molecule has 5 aromatic carbocycles. The molecule has 2 atom stereocenters. The van der Waals surface area contributed by atoms with Gasteiger partial charge in [0.2, 0.25) is 5.89 Å². The van der Waals surface area contributed by atoms with Gasteiger partial charge in [0.15, 0.2) is 5.58 Å². The summed E-state index contributed by atoms with van der Waals surface area (Å²) >= 11 is 0. The van der Waals surface area contributed by atoms with E-state index in [0.29, 0.717) is 12.5 Å². The summed E-state index contributed by atoms with van der Waals surface area (Å²) in [6.07, 6.45) is 3.34. The molecule has 4 heteroatoms. The van der Waals surface area contributed by atoms with Gasteiger partial charge in [0.25, 0.3) is 0 Å². The number of rotatable bonds is 9. The molecule has 1 N–H and O–H groups in total. The number of hydrogen-bond acceptors (Lipinski definition) is 4. The number of nitrogens with zero attached hydrogens (tertiary/aromatic N) is 1. The van der Waals surface area contributed by atoms with Crippen LogP contribution in [0.15, 0.2) is 144 Å². The Morgan fingerprint density at radius 2 is 1.24 bits per heavy atom. The minimum absolute atomic E-state index is 0.109. The van der Waals surface area contributed by atoms with Crippen molar-refractivity contribution in [3.05, 3.63) is 162 Å². The minimum Gasteiger partial charge on any atom is -0.436 e. The second kappa shape index (κ2) is 11.8. The number of hydrogen-bond donors (Lipinski definition) is 1. The van der Waals surface area contributed by atoms with E-state index in [1.54, 1.807) is 0 Å². The fourth-order valence-electron chi connectivity index (χ4n) is 6.33. The number of para-hydroxylation sites is 2. The Labute approximate surface area is 247 Å². The zero-order valence-electron chi connectivity index (χ0n) is 23.5.